The summed E-state index contributed by atoms with van der Waals surface area (Å²) in [7, 11) is 3.86. The van der Waals surface area contributed by atoms with E-state index >= 15 is 0 Å². The summed E-state index contributed by atoms with van der Waals surface area (Å²) in [5.74, 6) is 0.767. The van der Waals surface area contributed by atoms with Gasteiger partial charge in [-0.25, -0.2) is 15.0 Å². The number of hydrogen-bond acceptors (Lipinski definition) is 5. The molecule has 1 atom stereocenters. The smallest absolute Gasteiger partial charge is 0.225 e. The van der Waals surface area contributed by atoms with Crippen molar-refractivity contribution in [3.05, 3.63) is 71.8 Å². The first kappa shape index (κ1) is 23.3. The van der Waals surface area contributed by atoms with E-state index in [0.29, 0.717) is 23.9 Å². The minimum absolute atomic E-state index is 0.105. The molecule has 2 aromatic heterocycles. The molecule has 3 heterocycles. The van der Waals surface area contributed by atoms with E-state index in [2.05, 4.69) is 14.5 Å². The molecule has 0 bridgehead atoms. The van der Waals surface area contributed by atoms with Gasteiger partial charge in [0.1, 0.15) is 0 Å². The van der Waals surface area contributed by atoms with Gasteiger partial charge >= 0.3 is 0 Å². The van der Waals surface area contributed by atoms with Crippen LogP contribution in [-0.4, -0.2) is 51.0 Å². The molecule has 0 unspecified atom stereocenters. The van der Waals surface area contributed by atoms with Crippen molar-refractivity contribution in [1.82, 2.24) is 24.4 Å². The molecule has 0 spiro atoms. The van der Waals surface area contributed by atoms with Crippen molar-refractivity contribution in [3.8, 4) is 11.1 Å². The lowest BCUT2D eigenvalue weighted by molar-refractivity contribution is -0.135. The van der Waals surface area contributed by atoms with Gasteiger partial charge in [0.25, 0.3) is 0 Å². The van der Waals surface area contributed by atoms with Crippen LogP contribution in [0.25, 0.3) is 22.2 Å². The monoisotopic (exact) mass is 488 g/mol. The molecule has 0 aliphatic carbocycles. The van der Waals surface area contributed by atoms with Gasteiger partial charge in [0.15, 0.2) is 0 Å². The highest BCUT2D eigenvalue weighted by atomic mass is 35.5. The third-order valence-electron chi connectivity index (χ3n) is 6.57. The molecule has 1 aliphatic heterocycles. The standard InChI is InChI=1S/C27H29ClN6O/c1-32(2)27-29-17-21(19-8-7-9-20(28)16-19)26(31-27)24-12-5-6-14-34(24)25(35)13-15-33-18-30-22-10-3-4-11-23(22)33/h3-4,7-11,16-18,24H,5-6,12-15H2,1-2H3/t24-/m1/s1. The van der Waals surface area contributed by atoms with Gasteiger partial charge in [-0.3, -0.25) is 4.79 Å². The number of hydrogen-bond donors (Lipinski definition) is 0. The molecule has 1 saturated heterocycles. The van der Waals surface area contributed by atoms with Crippen LogP contribution < -0.4 is 4.90 Å². The molecule has 0 N–H and O–H groups in total. The number of carbonyl (C=O) groups excluding carboxylic acids is 1. The number of aromatic nitrogens is 4. The highest BCUT2D eigenvalue weighted by Gasteiger charge is 2.31. The Labute approximate surface area is 210 Å². The van der Waals surface area contributed by atoms with Gasteiger partial charge < -0.3 is 14.4 Å². The van der Waals surface area contributed by atoms with Crippen LogP contribution in [0.15, 0.2) is 61.1 Å². The van der Waals surface area contributed by atoms with E-state index in [0.717, 1.165) is 53.7 Å². The van der Waals surface area contributed by atoms with E-state index in [4.69, 9.17) is 16.6 Å². The van der Waals surface area contributed by atoms with Crippen LogP contribution in [0.4, 0.5) is 5.95 Å². The summed E-state index contributed by atoms with van der Waals surface area (Å²) in [6, 6.07) is 15.6. The zero-order valence-electron chi connectivity index (χ0n) is 20.1. The van der Waals surface area contributed by atoms with Crippen molar-refractivity contribution >= 4 is 34.5 Å². The van der Waals surface area contributed by atoms with Crippen molar-refractivity contribution in [2.45, 2.75) is 38.3 Å². The summed E-state index contributed by atoms with van der Waals surface area (Å²) < 4.78 is 2.05. The van der Waals surface area contributed by atoms with Gasteiger partial charge in [-0.05, 0) is 49.1 Å². The maximum Gasteiger partial charge on any atom is 0.225 e. The minimum atomic E-state index is -0.105. The first-order valence-electron chi connectivity index (χ1n) is 12.0. The number of rotatable bonds is 6. The number of benzene rings is 2. The van der Waals surface area contributed by atoms with Gasteiger partial charge in [-0.1, -0.05) is 35.9 Å². The Bertz CT molecular complexity index is 1350. The predicted octanol–water partition coefficient (Wildman–Crippen LogP) is 5.36. The maximum atomic E-state index is 13.6. The second kappa shape index (κ2) is 10.0. The number of aryl methyl sites for hydroxylation is 1. The van der Waals surface area contributed by atoms with Gasteiger partial charge in [-0.15, -0.1) is 0 Å². The molecule has 8 heteroatoms. The zero-order chi connectivity index (χ0) is 24.4. The largest absolute Gasteiger partial charge is 0.347 e. The molecular weight excluding hydrogens is 460 g/mol. The number of likely N-dealkylation sites (tertiary alicyclic amines) is 1. The highest BCUT2D eigenvalue weighted by Crippen LogP contribution is 2.37. The lowest BCUT2D eigenvalue weighted by Gasteiger charge is -2.36. The minimum Gasteiger partial charge on any atom is -0.347 e. The summed E-state index contributed by atoms with van der Waals surface area (Å²) in [5.41, 5.74) is 4.75. The number of amides is 1. The van der Waals surface area contributed by atoms with E-state index in [1.54, 1.807) is 0 Å². The fraction of sp³-hybridized carbons (Fsp3) is 0.333. The molecule has 1 aliphatic rings. The fourth-order valence-corrected chi connectivity index (χ4v) is 4.99. The Balaban J connectivity index is 1.45. The van der Waals surface area contributed by atoms with E-state index in [1.165, 1.54) is 0 Å². The number of nitrogens with zero attached hydrogens (tertiary/aromatic N) is 6. The van der Waals surface area contributed by atoms with Crippen molar-refractivity contribution in [1.29, 1.82) is 0 Å². The summed E-state index contributed by atoms with van der Waals surface area (Å²) >= 11 is 6.30. The third-order valence-corrected chi connectivity index (χ3v) is 6.81. The predicted molar refractivity (Wildman–Crippen MR) is 139 cm³/mol. The Hall–Kier alpha value is -3.45. The number of fused-ring (bicyclic) bond motifs is 1. The van der Waals surface area contributed by atoms with E-state index < -0.39 is 0 Å². The van der Waals surface area contributed by atoms with E-state index in [-0.39, 0.29) is 11.9 Å². The molecule has 5 rings (SSSR count). The summed E-state index contributed by atoms with van der Waals surface area (Å²) in [6.07, 6.45) is 7.01. The number of anilines is 1. The van der Waals surface area contributed by atoms with Crippen LogP contribution in [0.2, 0.25) is 5.02 Å². The third kappa shape index (κ3) is 4.86. The molecule has 2 aromatic carbocycles. The normalized spacial score (nSPS) is 16.0. The topological polar surface area (TPSA) is 67.2 Å². The Kier molecular flexibility index (Phi) is 6.68. The molecule has 1 amide bonds. The lowest BCUT2D eigenvalue weighted by Crippen LogP contribution is -2.39. The van der Waals surface area contributed by atoms with Gasteiger partial charge in [-0.2, -0.15) is 0 Å². The van der Waals surface area contributed by atoms with Crippen molar-refractivity contribution in [3.63, 3.8) is 0 Å². The number of para-hydroxylation sites is 2. The number of piperidine rings is 1. The van der Waals surface area contributed by atoms with Gasteiger partial charge in [0.05, 0.1) is 29.1 Å². The SMILES string of the molecule is CN(C)c1ncc(-c2cccc(Cl)c2)c([C@H]2CCCCN2C(=O)CCn2cnc3ccccc32)n1. The molecular formula is C27H29ClN6O. The van der Waals surface area contributed by atoms with Crippen molar-refractivity contribution in [2.75, 3.05) is 25.5 Å². The Morgan fingerprint density at radius 1 is 1.11 bits per heavy atom. The average molecular weight is 489 g/mol. The number of carbonyl (C=O) groups is 1. The van der Waals surface area contributed by atoms with Crippen LogP contribution in [0.5, 0.6) is 0 Å². The Morgan fingerprint density at radius 3 is 2.80 bits per heavy atom. The molecule has 0 radical (unpaired) electrons. The van der Waals surface area contributed by atoms with Crippen LogP contribution in [0.3, 0.4) is 0 Å². The molecule has 7 nitrogen and oxygen atoms in total. The maximum absolute atomic E-state index is 13.6. The number of halogens is 1. The van der Waals surface area contributed by atoms with E-state index in [1.807, 2.05) is 85.0 Å². The van der Waals surface area contributed by atoms with Crippen LogP contribution in [-0.2, 0) is 11.3 Å². The first-order valence-corrected chi connectivity index (χ1v) is 12.4. The second-order valence-corrected chi connectivity index (χ2v) is 9.59. The average Bonchev–Trinajstić information content (AvgIpc) is 3.30. The zero-order valence-corrected chi connectivity index (χ0v) is 20.8. The molecule has 35 heavy (non-hydrogen) atoms. The van der Waals surface area contributed by atoms with Crippen LogP contribution in [0, 0.1) is 0 Å². The van der Waals surface area contributed by atoms with Crippen LogP contribution in [0.1, 0.15) is 37.4 Å². The highest BCUT2D eigenvalue weighted by molar-refractivity contribution is 6.30. The number of imidazole rings is 1. The molecule has 1 fully saturated rings. The molecule has 0 saturated carbocycles. The summed E-state index contributed by atoms with van der Waals surface area (Å²) in [5, 5.41) is 0.661. The summed E-state index contributed by atoms with van der Waals surface area (Å²) in [4.78, 5) is 31.4. The molecule has 4 aromatic rings. The van der Waals surface area contributed by atoms with Crippen molar-refractivity contribution in [2.24, 2.45) is 0 Å². The quantitative estimate of drug-likeness (QED) is 0.365. The Morgan fingerprint density at radius 2 is 1.97 bits per heavy atom. The molecule has 180 valence electrons. The van der Waals surface area contributed by atoms with Gasteiger partial charge in [0.2, 0.25) is 11.9 Å². The van der Waals surface area contributed by atoms with Gasteiger partial charge in [0, 0.05) is 50.4 Å². The fourth-order valence-electron chi connectivity index (χ4n) is 4.80. The van der Waals surface area contributed by atoms with Crippen molar-refractivity contribution < 1.29 is 4.79 Å². The van der Waals surface area contributed by atoms with E-state index in [9.17, 15) is 4.79 Å². The van der Waals surface area contributed by atoms with Crippen LogP contribution >= 0.6 is 11.6 Å². The lowest BCUT2D eigenvalue weighted by atomic mass is 9.93. The summed E-state index contributed by atoms with van der Waals surface area (Å²) in [6.45, 7) is 1.32. The first-order chi connectivity index (χ1) is 17.0. The second-order valence-electron chi connectivity index (χ2n) is 9.15.